The van der Waals surface area contributed by atoms with Crippen molar-refractivity contribution in [2.75, 3.05) is 0 Å². The van der Waals surface area contributed by atoms with Crippen LogP contribution in [-0.2, 0) is 0 Å². The van der Waals surface area contributed by atoms with Crippen LogP contribution in [0, 0.1) is 0 Å². The Labute approximate surface area is 584 Å². The lowest BCUT2D eigenvalue weighted by Crippen LogP contribution is -1.94. The summed E-state index contributed by atoms with van der Waals surface area (Å²) in [5.41, 5.74) is 12.9. The highest BCUT2D eigenvalue weighted by molar-refractivity contribution is 7.28. The van der Waals surface area contributed by atoms with Crippen molar-refractivity contribution in [2.45, 2.75) is 0 Å². The lowest BCUT2D eigenvalue weighted by atomic mass is 10.1. The van der Waals surface area contributed by atoms with Gasteiger partial charge in [0.05, 0.1) is 49.2 Å². The Kier molecular flexibility index (Phi) is 12.1. The molecule has 4 nitrogen and oxygen atoms in total. The van der Waals surface area contributed by atoms with Gasteiger partial charge in [0, 0.05) is 145 Å². The van der Waals surface area contributed by atoms with E-state index in [2.05, 4.69) is 311 Å². The van der Waals surface area contributed by atoms with E-state index < -0.39 is 0 Å². The number of thiophene rings is 5. The predicted octanol–water partition coefficient (Wildman–Crippen LogP) is 28.1. The average molecular weight is 1350 g/mol. The molecule has 0 N–H and O–H groups in total. The zero-order valence-corrected chi connectivity index (χ0v) is 56.8. The van der Waals surface area contributed by atoms with E-state index in [0.717, 1.165) is 27.6 Å². The fourth-order valence-corrected chi connectivity index (χ4v) is 22.0. The summed E-state index contributed by atoms with van der Waals surface area (Å²) in [5.74, 6) is 0. The number of hydrogen-bond acceptors (Lipinski definition) is 6. The van der Waals surface area contributed by atoms with Gasteiger partial charge in [-0.1, -0.05) is 200 Å². The second kappa shape index (κ2) is 21.5. The molecule has 9 aromatic heterocycles. The Morgan fingerprint density at radius 3 is 1.34 bits per heavy atom. The minimum absolute atomic E-state index is 0.924. The van der Waals surface area contributed by atoms with Crippen molar-refractivity contribution in [1.29, 1.82) is 0 Å². The summed E-state index contributed by atoms with van der Waals surface area (Å²) in [6.07, 6.45) is 0. The van der Waals surface area contributed by atoms with E-state index in [1.54, 1.807) is 0 Å². The molecule has 0 amide bonds. The van der Waals surface area contributed by atoms with Gasteiger partial charge in [-0.2, -0.15) is 0 Å². The summed E-state index contributed by atoms with van der Waals surface area (Å²) < 4.78 is 27.2. The molecular formula is C90H51N3OS5. The SMILES string of the molecule is c1ccc2c(c1)oc1c(-n3c4ccccc4c4c5sc6ccccc6c5ccc43)cccc12.c1ccc2c(c1)sc1c(-n3c4ccccc4c4c5c(ccc43)sc3ccccc35)cccc12.c1ccc2c(c1)sc1cc(-n3c4ccccc4c4cc5c(cc43)sc3ccccc35)ccc12. The van der Waals surface area contributed by atoms with Crippen LogP contribution in [0.2, 0.25) is 0 Å². The van der Waals surface area contributed by atoms with Crippen LogP contribution in [0.3, 0.4) is 0 Å². The van der Waals surface area contributed by atoms with Crippen molar-refractivity contribution >= 4 is 245 Å². The maximum atomic E-state index is 6.42. The highest BCUT2D eigenvalue weighted by atomic mass is 32.1. The molecular weight excluding hydrogens is 1300 g/mol. The van der Waals surface area contributed by atoms with Gasteiger partial charge in [-0.15, -0.1) is 56.7 Å². The van der Waals surface area contributed by atoms with Crippen LogP contribution in [0.4, 0.5) is 0 Å². The zero-order valence-electron chi connectivity index (χ0n) is 52.7. The minimum atomic E-state index is 0.924. The first-order valence-corrected chi connectivity index (χ1v) is 37.4. The van der Waals surface area contributed by atoms with Gasteiger partial charge in [-0.25, -0.2) is 0 Å². The quantitative estimate of drug-likeness (QED) is 0.173. The Morgan fingerprint density at radius 1 is 0.202 bits per heavy atom. The third kappa shape index (κ3) is 8.22. The number of rotatable bonds is 3. The molecule has 0 spiro atoms. The molecule has 0 aliphatic heterocycles. The molecule has 0 unspecified atom stereocenters. The average Bonchev–Trinajstić information content (AvgIpc) is 1.57. The van der Waals surface area contributed by atoms with Crippen LogP contribution >= 0.6 is 56.7 Å². The lowest BCUT2D eigenvalue weighted by molar-refractivity contribution is 0.666. The summed E-state index contributed by atoms with van der Waals surface area (Å²) in [6.45, 7) is 0. The number of hydrogen-bond donors (Lipinski definition) is 0. The highest BCUT2D eigenvalue weighted by Gasteiger charge is 2.24. The summed E-state index contributed by atoms with van der Waals surface area (Å²) >= 11 is 9.43. The summed E-state index contributed by atoms with van der Waals surface area (Å²) in [6, 6.07) is 113. The fraction of sp³-hybridized carbons (Fsp3) is 0. The summed E-state index contributed by atoms with van der Waals surface area (Å²) in [5, 5.41) is 23.7. The van der Waals surface area contributed by atoms with Crippen LogP contribution in [0.15, 0.2) is 314 Å². The van der Waals surface area contributed by atoms with Crippen molar-refractivity contribution < 1.29 is 4.42 Å². The van der Waals surface area contributed by atoms with Gasteiger partial charge >= 0.3 is 0 Å². The van der Waals surface area contributed by atoms with Gasteiger partial charge in [0.1, 0.15) is 5.58 Å². The van der Waals surface area contributed by atoms with E-state index in [1.165, 1.54) is 178 Å². The second-order valence-electron chi connectivity index (χ2n) is 25.7. The van der Waals surface area contributed by atoms with E-state index in [0.29, 0.717) is 0 Å². The Morgan fingerprint density at radius 2 is 0.646 bits per heavy atom. The second-order valence-corrected chi connectivity index (χ2v) is 31.0. The van der Waals surface area contributed by atoms with Crippen molar-refractivity contribution in [1.82, 2.24) is 13.7 Å². The molecule has 15 aromatic carbocycles. The maximum Gasteiger partial charge on any atom is 0.159 e. The smallest absolute Gasteiger partial charge is 0.159 e. The molecule has 0 saturated carbocycles. The number of benzene rings is 15. The first-order valence-electron chi connectivity index (χ1n) is 33.4. The van der Waals surface area contributed by atoms with E-state index >= 15 is 0 Å². The van der Waals surface area contributed by atoms with E-state index in [1.807, 2.05) is 68.8 Å². The number of aromatic nitrogens is 3. The molecule has 99 heavy (non-hydrogen) atoms. The first kappa shape index (κ1) is 55.7. The molecule has 0 bridgehead atoms. The monoisotopic (exact) mass is 1350 g/mol. The number of nitrogens with zero attached hydrogens (tertiary/aromatic N) is 3. The standard InChI is InChI=1S/C30H17NOS.2C30H17NS2/c1-4-12-23-22(10-1)28-24(17-16-21-19-9-3-6-15-27(19)33-30(21)28)31(23)25-13-7-11-20-18-8-2-5-14-26(18)32-29(20)25;1-4-12-22-20(9-1)28-23(16-17-27-29(28)21-10-3-6-15-26(21)32-27)31(22)24-13-7-11-19-18-8-2-5-14-25(18)33-30(19)24;1-4-10-25-19(7-1)23-16-24-21-9-3-6-12-28(21)33-30(24)17-26(23)31(25)18-13-14-22-20-8-2-5-11-27(20)32-29(22)15-18/h3*1-17H. The van der Waals surface area contributed by atoms with Gasteiger partial charge in [0.15, 0.2) is 5.58 Å². The Bertz CT molecular complexity index is 7510. The highest BCUT2D eigenvalue weighted by Crippen LogP contribution is 2.49. The first-order chi connectivity index (χ1) is 49.1. The molecule has 0 atom stereocenters. The summed E-state index contributed by atoms with van der Waals surface area (Å²) in [7, 11) is 0. The van der Waals surface area contributed by atoms with Crippen molar-refractivity contribution in [3.05, 3.63) is 309 Å². The van der Waals surface area contributed by atoms with Gasteiger partial charge < -0.3 is 18.1 Å². The third-order valence-corrected chi connectivity index (χ3v) is 26.2. The number of furan rings is 1. The predicted molar refractivity (Wildman–Crippen MR) is 434 cm³/mol. The van der Waals surface area contributed by atoms with Gasteiger partial charge in [-0.05, 0) is 109 Å². The molecule has 0 fully saturated rings. The van der Waals surface area contributed by atoms with Crippen LogP contribution in [0.1, 0.15) is 0 Å². The minimum Gasteiger partial charge on any atom is -0.454 e. The van der Waals surface area contributed by atoms with Crippen LogP contribution in [0.5, 0.6) is 0 Å². The van der Waals surface area contributed by atoms with E-state index in [4.69, 9.17) is 4.42 Å². The number of fused-ring (bicyclic) bond motifs is 29. The van der Waals surface area contributed by atoms with E-state index in [9.17, 15) is 0 Å². The normalized spacial score (nSPS) is 12.2. The Balaban J connectivity index is 0.0000000949. The number of para-hydroxylation sites is 5. The fourth-order valence-electron chi connectivity index (χ4n) is 16.2. The van der Waals surface area contributed by atoms with Crippen LogP contribution in [0.25, 0.3) is 205 Å². The van der Waals surface area contributed by atoms with Gasteiger partial charge in [0.2, 0.25) is 0 Å². The molecule has 24 rings (SSSR count). The molecule has 0 radical (unpaired) electrons. The molecule has 24 aromatic rings. The Hall–Kier alpha value is -11.4. The van der Waals surface area contributed by atoms with Crippen molar-refractivity contribution in [2.24, 2.45) is 0 Å². The zero-order chi connectivity index (χ0) is 64.6. The van der Waals surface area contributed by atoms with Crippen molar-refractivity contribution in [3.63, 3.8) is 0 Å². The molecule has 0 saturated heterocycles. The van der Waals surface area contributed by atoms with Gasteiger partial charge in [0.25, 0.3) is 0 Å². The molecule has 0 aliphatic carbocycles. The maximum absolute atomic E-state index is 6.42. The summed E-state index contributed by atoms with van der Waals surface area (Å²) in [4.78, 5) is 0. The molecule has 9 heterocycles. The van der Waals surface area contributed by atoms with E-state index in [-0.39, 0.29) is 0 Å². The van der Waals surface area contributed by atoms with Crippen LogP contribution < -0.4 is 0 Å². The van der Waals surface area contributed by atoms with Crippen LogP contribution in [-0.4, -0.2) is 13.7 Å². The molecule has 9 heteroatoms. The topological polar surface area (TPSA) is 27.9 Å². The van der Waals surface area contributed by atoms with Crippen molar-refractivity contribution in [3.8, 4) is 17.1 Å². The van der Waals surface area contributed by atoms with Gasteiger partial charge in [-0.3, -0.25) is 0 Å². The lowest BCUT2D eigenvalue weighted by Gasteiger charge is -2.09. The molecule has 462 valence electrons. The largest absolute Gasteiger partial charge is 0.454 e. The molecule has 0 aliphatic rings. The third-order valence-electron chi connectivity index (χ3n) is 20.4.